The van der Waals surface area contributed by atoms with Crippen LogP contribution < -0.4 is 14.2 Å². The van der Waals surface area contributed by atoms with Gasteiger partial charge in [-0.3, -0.25) is 0 Å². The van der Waals surface area contributed by atoms with Crippen LogP contribution in [0.25, 0.3) is 0 Å². The number of aryl methyl sites for hydroxylation is 2. The highest BCUT2D eigenvalue weighted by Crippen LogP contribution is 2.35. The van der Waals surface area contributed by atoms with Crippen molar-refractivity contribution in [3.8, 4) is 17.2 Å². The summed E-state index contributed by atoms with van der Waals surface area (Å²) >= 11 is 0. The van der Waals surface area contributed by atoms with Crippen LogP contribution in [-0.4, -0.2) is 12.8 Å². The van der Waals surface area contributed by atoms with E-state index in [0.29, 0.717) is 22.8 Å². The van der Waals surface area contributed by atoms with Crippen molar-refractivity contribution in [3.63, 3.8) is 0 Å². The molecule has 1 aliphatic rings. The monoisotopic (exact) mass is 270 g/mol. The molecule has 0 amide bonds. The number of carbonyl (C=O) groups is 1. The van der Waals surface area contributed by atoms with Crippen LogP contribution in [0, 0.1) is 13.8 Å². The standard InChI is InChI=1S/C16H14O4/c1-10-5-11(2)7-12(6-10)16(17)20-13-3-4-14-15(8-13)19-9-18-14/h3-8H,9H2,1-2H3. The molecule has 4 nitrogen and oxygen atoms in total. The average Bonchev–Trinajstić information content (AvgIpc) is 2.85. The number of carbonyl (C=O) groups excluding carboxylic acids is 1. The summed E-state index contributed by atoms with van der Waals surface area (Å²) in [4.78, 5) is 12.1. The van der Waals surface area contributed by atoms with Crippen LogP contribution in [-0.2, 0) is 0 Å². The molecule has 0 spiro atoms. The maximum absolute atomic E-state index is 12.1. The van der Waals surface area contributed by atoms with Crippen LogP contribution in [0.5, 0.6) is 17.2 Å². The van der Waals surface area contributed by atoms with E-state index in [2.05, 4.69) is 0 Å². The predicted octanol–water partition coefficient (Wildman–Crippen LogP) is 3.25. The van der Waals surface area contributed by atoms with Gasteiger partial charge in [-0.1, -0.05) is 17.2 Å². The van der Waals surface area contributed by atoms with Crippen molar-refractivity contribution in [2.45, 2.75) is 13.8 Å². The van der Waals surface area contributed by atoms with Gasteiger partial charge in [0.15, 0.2) is 11.5 Å². The number of hydrogen-bond acceptors (Lipinski definition) is 4. The lowest BCUT2D eigenvalue weighted by Gasteiger charge is -2.07. The zero-order valence-electron chi connectivity index (χ0n) is 11.3. The minimum Gasteiger partial charge on any atom is -0.454 e. The molecule has 0 N–H and O–H groups in total. The fourth-order valence-corrected chi connectivity index (χ4v) is 2.20. The van der Waals surface area contributed by atoms with Gasteiger partial charge in [0.1, 0.15) is 5.75 Å². The minimum absolute atomic E-state index is 0.198. The van der Waals surface area contributed by atoms with Crippen molar-refractivity contribution >= 4 is 5.97 Å². The first-order valence-electron chi connectivity index (χ1n) is 6.32. The molecule has 1 aliphatic heterocycles. The molecule has 1 heterocycles. The second-order valence-corrected chi connectivity index (χ2v) is 4.78. The first kappa shape index (κ1) is 12.5. The molecule has 0 fully saturated rings. The molecule has 0 radical (unpaired) electrons. The van der Waals surface area contributed by atoms with Crippen LogP contribution in [0.4, 0.5) is 0 Å². The van der Waals surface area contributed by atoms with Crippen molar-refractivity contribution in [3.05, 3.63) is 53.1 Å². The first-order chi connectivity index (χ1) is 9.61. The first-order valence-corrected chi connectivity index (χ1v) is 6.32. The lowest BCUT2D eigenvalue weighted by Crippen LogP contribution is -2.09. The third-order valence-electron chi connectivity index (χ3n) is 3.01. The van der Waals surface area contributed by atoms with Gasteiger partial charge in [0.25, 0.3) is 0 Å². The Morgan fingerprint density at radius 3 is 2.45 bits per heavy atom. The average molecular weight is 270 g/mol. The third-order valence-corrected chi connectivity index (χ3v) is 3.01. The van der Waals surface area contributed by atoms with Gasteiger partial charge in [-0.05, 0) is 38.1 Å². The highest BCUT2D eigenvalue weighted by atomic mass is 16.7. The fraction of sp³-hybridized carbons (Fsp3) is 0.188. The summed E-state index contributed by atoms with van der Waals surface area (Å²) in [7, 11) is 0. The Bertz CT molecular complexity index is 656. The van der Waals surface area contributed by atoms with Gasteiger partial charge < -0.3 is 14.2 Å². The molecule has 4 heteroatoms. The predicted molar refractivity (Wildman–Crippen MR) is 73.4 cm³/mol. The molecule has 0 aromatic heterocycles. The van der Waals surface area contributed by atoms with Crippen LogP contribution in [0.1, 0.15) is 21.5 Å². The fourth-order valence-electron chi connectivity index (χ4n) is 2.20. The number of fused-ring (bicyclic) bond motifs is 1. The Balaban J connectivity index is 1.82. The third kappa shape index (κ3) is 2.45. The van der Waals surface area contributed by atoms with E-state index in [9.17, 15) is 4.79 Å². The van der Waals surface area contributed by atoms with Gasteiger partial charge in [0.05, 0.1) is 5.56 Å². The van der Waals surface area contributed by atoms with Gasteiger partial charge in [0, 0.05) is 6.07 Å². The number of esters is 1. The molecule has 0 saturated carbocycles. The van der Waals surface area contributed by atoms with E-state index >= 15 is 0 Å². The summed E-state index contributed by atoms with van der Waals surface area (Å²) in [6.45, 7) is 4.10. The lowest BCUT2D eigenvalue weighted by molar-refractivity contribution is 0.0734. The second-order valence-electron chi connectivity index (χ2n) is 4.78. The summed E-state index contributed by atoms with van der Waals surface area (Å²) in [5, 5.41) is 0. The summed E-state index contributed by atoms with van der Waals surface area (Å²) in [6.07, 6.45) is 0. The Labute approximate surface area is 116 Å². The van der Waals surface area contributed by atoms with Crippen LogP contribution in [0.3, 0.4) is 0 Å². The Kier molecular flexibility index (Phi) is 3.06. The zero-order valence-corrected chi connectivity index (χ0v) is 11.3. The number of rotatable bonds is 2. The van der Waals surface area contributed by atoms with E-state index in [1.165, 1.54) is 0 Å². The van der Waals surface area contributed by atoms with Crippen LogP contribution >= 0.6 is 0 Å². The van der Waals surface area contributed by atoms with Crippen molar-refractivity contribution in [2.24, 2.45) is 0 Å². The van der Waals surface area contributed by atoms with Crippen LogP contribution in [0.2, 0.25) is 0 Å². The Morgan fingerprint density at radius 1 is 1.00 bits per heavy atom. The highest BCUT2D eigenvalue weighted by molar-refractivity contribution is 5.91. The van der Waals surface area contributed by atoms with E-state index < -0.39 is 0 Å². The molecule has 2 aromatic rings. The molecule has 0 aliphatic carbocycles. The number of ether oxygens (including phenoxy) is 3. The molecule has 0 bridgehead atoms. The van der Waals surface area contributed by atoms with Crippen molar-refractivity contribution in [2.75, 3.05) is 6.79 Å². The smallest absolute Gasteiger partial charge is 0.343 e. The second kappa shape index (κ2) is 4.89. The highest BCUT2D eigenvalue weighted by Gasteiger charge is 2.16. The molecular formula is C16H14O4. The number of hydrogen-bond donors (Lipinski definition) is 0. The van der Waals surface area contributed by atoms with Gasteiger partial charge in [0.2, 0.25) is 6.79 Å². The molecule has 0 saturated heterocycles. The zero-order chi connectivity index (χ0) is 14.1. The summed E-state index contributed by atoms with van der Waals surface area (Å²) in [5.74, 6) is 1.32. The van der Waals surface area contributed by atoms with Crippen molar-refractivity contribution in [1.82, 2.24) is 0 Å². The molecule has 102 valence electrons. The Morgan fingerprint density at radius 2 is 1.70 bits per heavy atom. The summed E-state index contributed by atoms with van der Waals surface area (Å²) in [6, 6.07) is 10.7. The van der Waals surface area contributed by atoms with Gasteiger partial charge in [-0.25, -0.2) is 4.79 Å². The van der Waals surface area contributed by atoms with Crippen molar-refractivity contribution in [1.29, 1.82) is 0 Å². The largest absolute Gasteiger partial charge is 0.454 e. The van der Waals surface area contributed by atoms with Crippen LogP contribution in [0.15, 0.2) is 36.4 Å². The minimum atomic E-state index is -0.379. The summed E-state index contributed by atoms with van der Waals surface area (Å²) < 4.78 is 15.8. The maximum Gasteiger partial charge on any atom is 0.343 e. The van der Waals surface area contributed by atoms with Gasteiger partial charge in [-0.2, -0.15) is 0 Å². The molecule has 0 atom stereocenters. The van der Waals surface area contributed by atoms with Gasteiger partial charge in [-0.15, -0.1) is 0 Å². The SMILES string of the molecule is Cc1cc(C)cc(C(=O)Oc2ccc3c(c2)OCO3)c1. The van der Waals surface area contributed by atoms with E-state index in [-0.39, 0.29) is 12.8 Å². The molecule has 0 unspecified atom stereocenters. The molecule has 3 rings (SSSR count). The Hall–Kier alpha value is -2.49. The maximum atomic E-state index is 12.1. The van der Waals surface area contributed by atoms with E-state index in [0.717, 1.165) is 11.1 Å². The normalized spacial score (nSPS) is 12.3. The molecule has 20 heavy (non-hydrogen) atoms. The van der Waals surface area contributed by atoms with E-state index in [1.54, 1.807) is 18.2 Å². The van der Waals surface area contributed by atoms with E-state index in [1.807, 2.05) is 32.0 Å². The number of benzene rings is 2. The molecule has 2 aromatic carbocycles. The van der Waals surface area contributed by atoms with Gasteiger partial charge >= 0.3 is 5.97 Å². The van der Waals surface area contributed by atoms with E-state index in [4.69, 9.17) is 14.2 Å². The quantitative estimate of drug-likeness (QED) is 0.620. The van der Waals surface area contributed by atoms with Crippen molar-refractivity contribution < 1.29 is 19.0 Å². The summed E-state index contributed by atoms with van der Waals surface area (Å²) in [5.41, 5.74) is 2.60. The lowest BCUT2D eigenvalue weighted by atomic mass is 10.1. The topological polar surface area (TPSA) is 44.8 Å². The molecular weight excluding hydrogens is 256 g/mol.